The maximum Gasteiger partial charge on any atom is 0.187 e. The molecule has 15 heavy (non-hydrogen) atoms. The Labute approximate surface area is 112 Å². The highest BCUT2D eigenvalue weighted by Gasteiger charge is 2.09. The molecule has 0 aliphatic carbocycles. The SMILES string of the molecule is Clc1nsnc1Nc1c(Br)cccc1Br. The predicted octanol–water partition coefficient (Wildman–Crippen LogP) is 4.46. The van der Waals surface area contributed by atoms with E-state index in [1.165, 1.54) is 0 Å². The average Bonchev–Trinajstić information content (AvgIpc) is 2.58. The molecule has 0 atom stereocenters. The summed E-state index contributed by atoms with van der Waals surface area (Å²) in [5.41, 5.74) is 0.882. The highest BCUT2D eigenvalue weighted by Crippen LogP contribution is 2.34. The van der Waals surface area contributed by atoms with Crippen LogP contribution in [0.1, 0.15) is 0 Å². The van der Waals surface area contributed by atoms with E-state index in [1.54, 1.807) is 0 Å². The van der Waals surface area contributed by atoms with Gasteiger partial charge in [0.05, 0.1) is 17.4 Å². The molecule has 7 heteroatoms. The van der Waals surface area contributed by atoms with Crippen molar-refractivity contribution in [3.05, 3.63) is 32.3 Å². The van der Waals surface area contributed by atoms with Crippen molar-refractivity contribution in [3.63, 3.8) is 0 Å². The first-order valence-corrected chi connectivity index (χ1v) is 6.57. The van der Waals surface area contributed by atoms with Gasteiger partial charge in [-0.3, -0.25) is 0 Å². The smallest absolute Gasteiger partial charge is 0.187 e. The number of nitrogens with one attached hydrogen (secondary N) is 1. The third-order valence-corrected chi connectivity index (χ3v) is 3.87. The fourth-order valence-corrected chi connectivity index (χ4v) is 2.83. The van der Waals surface area contributed by atoms with Crippen molar-refractivity contribution in [3.8, 4) is 0 Å². The lowest BCUT2D eigenvalue weighted by Crippen LogP contribution is -1.93. The number of halogens is 3. The lowest BCUT2D eigenvalue weighted by atomic mass is 10.3. The van der Waals surface area contributed by atoms with Crippen LogP contribution in [0.3, 0.4) is 0 Å². The zero-order valence-electron chi connectivity index (χ0n) is 7.17. The maximum atomic E-state index is 5.84. The number of benzene rings is 1. The fraction of sp³-hybridized carbons (Fsp3) is 0. The van der Waals surface area contributed by atoms with Gasteiger partial charge >= 0.3 is 0 Å². The Bertz CT molecular complexity index is 468. The predicted molar refractivity (Wildman–Crippen MR) is 70.0 cm³/mol. The third-order valence-electron chi connectivity index (χ3n) is 1.65. The van der Waals surface area contributed by atoms with Crippen LogP contribution in [-0.2, 0) is 0 Å². The van der Waals surface area contributed by atoms with Crippen molar-refractivity contribution < 1.29 is 0 Å². The van der Waals surface area contributed by atoms with Crippen LogP contribution in [0.4, 0.5) is 11.5 Å². The largest absolute Gasteiger partial charge is 0.335 e. The number of rotatable bonds is 2. The lowest BCUT2D eigenvalue weighted by molar-refractivity contribution is 1.42. The van der Waals surface area contributed by atoms with Gasteiger partial charge in [0.2, 0.25) is 0 Å². The molecule has 0 bridgehead atoms. The quantitative estimate of drug-likeness (QED) is 0.849. The van der Waals surface area contributed by atoms with E-state index >= 15 is 0 Å². The summed E-state index contributed by atoms with van der Waals surface area (Å²) in [5.74, 6) is 0.564. The molecule has 0 saturated carbocycles. The summed E-state index contributed by atoms with van der Waals surface area (Å²) < 4.78 is 9.78. The van der Waals surface area contributed by atoms with Crippen LogP contribution in [0, 0.1) is 0 Å². The van der Waals surface area contributed by atoms with E-state index < -0.39 is 0 Å². The normalized spacial score (nSPS) is 10.3. The van der Waals surface area contributed by atoms with Crippen LogP contribution < -0.4 is 5.32 Å². The van der Waals surface area contributed by atoms with E-state index in [-0.39, 0.29) is 0 Å². The molecule has 1 N–H and O–H groups in total. The summed E-state index contributed by atoms with van der Waals surface area (Å²) in [7, 11) is 0. The van der Waals surface area contributed by atoms with Gasteiger partial charge < -0.3 is 5.32 Å². The maximum absolute atomic E-state index is 5.84. The number of hydrogen-bond donors (Lipinski definition) is 1. The van der Waals surface area contributed by atoms with Crippen molar-refractivity contribution in [1.82, 2.24) is 8.75 Å². The number of aromatic nitrogens is 2. The third kappa shape index (κ3) is 2.50. The second-order valence-corrected chi connectivity index (χ2v) is 5.22. The second kappa shape index (κ2) is 4.78. The van der Waals surface area contributed by atoms with Gasteiger partial charge in [0.15, 0.2) is 11.0 Å². The minimum absolute atomic E-state index is 0.377. The molecule has 0 radical (unpaired) electrons. The molecule has 2 aromatic rings. The molecule has 0 fully saturated rings. The second-order valence-electron chi connectivity index (χ2n) is 2.63. The Morgan fingerprint density at radius 3 is 2.40 bits per heavy atom. The summed E-state index contributed by atoms with van der Waals surface area (Å²) in [4.78, 5) is 0. The van der Waals surface area contributed by atoms with Gasteiger partial charge in [-0.05, 0) is 44.0 Å². The van der Waals surface area contributed by atoms with Crippen molar-refractivity contribution in [2.45, 2.75) is 0 Å². The van der Waals surface area contributed by atoms with Crippen LogP contribution in [0.25, 0.3) is 0 Å². The van der Waals surface area contributed by atoms with Gasteiger partial charge in [-0.25, -0.2) is 0 Å². The molecule has 3 nitrogen and oxygen atoms in total. The summed E-state index contributed by atoms with van der Waals surface area (Å²) in [5, 5.41) is 3.48. The first-order valence-electron chi connectivity index (χ1n) is 3.87. The topological polar surface area (TPSA) is 37.8 Å². The molecule has 0 spiro atoms. The molecule has 1 aromatic heterocycles. The van der Waals surface area contributed by atoms with Crippen LogP contribution in [-0.4, -0.2) is 8.75 Å². The van der Waals surface area contributed by atoms with Gasteiger partial charge in [0.1, 0.15) is 0 Å². The number of hydrogen-bond acceptors (Lipinski definition) is 4. The molecule has 2 rings (SSSR count). The van der Waals surface area contributed by atoms with E-state index in [2.05, 4.69) is 45.9 Å². The zero-order valence-corrected chi connectivity index (χ0v) is 11.9. The zero-order chi connectivity index (χ0) is 10.8. The Morgan fingerprint density at radius 1 is 1.20 bits per heavy atom. The van der Waals surface area contributed by atoms with Crippen LogP contribution in [0.5, 0.6) is 0 Å². The van der Waals surface area contributed by atoms with E-state index in [4.69, 9.17) is 11.6 Å². The van der Waals surface area contributed by atoms with Crippen molar-refractivity contribution in [2.75, 3.05) is 5.32 Å². The summed E-state index contributed by atoms with van der Waals surface area (Å²) in [6.07, 6.45) is 0. The van der Waals surface area contributed by atoms with Gasteiger partial charge in [0.25, 0.3) is 0 Å². The summed E-state index contributed by atoms with van der Waals surface area (Å²) in [6, 6.07) is 5.79. The first kappa shape index (κ1) is 11.3. The van der Waals surface area contributed by atoms with E-state index in [9.17, 15) is 0 Å². The van der Waals surface area contributed by atoms with Crippen LogP contribution in [0.2, 0.25) is 5.15 Å². The molecule has 0 amide bonds. The van der Waals surface area contributed by atoms with Crippen molar-refractivity contribution >= 4 is 66.7 Å². The minimum Gasteiger partial charge on any atom is -0.335 e. The summed E-state index contributed by atoms with van der Waals surface area (Å²) >= 11 is 13.8. The number of para-hydroxylation sites is 1. The molecular weight excluding hydrogens is 365 g/mol. The number of anilines is 2. The standard InChI is InChI=1S/C8H4Br2ClN3S/c9-4-2-1-3-5(10)6(4)12-8-7(11)13-15-14-8/h1-3H,(H,12,14). The van der Waals surface area contributed by atoms with Gasteiger partial charge in [-0.2, -0.15) is 8.75 Å². The van der Waals surface area contributed by atoms with Crippen LogP contribution >= 0.6 is 55.2 Å². The fourth-order valence-electron chi connectivity index (χ4n) is 0.988. The first-order chi connectivity index (χ1) is 7.18. The molecule has 1 heterocycles. The Hall–Kier alpha value is -0.170. The van der Waals surface area contributed by atoms with Crippen molar-refractivity contribution in [1.29, 1.82) is 0 Å². The average molecular weight is 369 g/mol. The summed E-state index contributed by atoms with van der Waals surface area (Å²) in [6.45, 7) is 0. The van der Waals surface area contributed by atoms with E-state index in [0.717, 1.165) is 26.4 Å². The molecule has 0 aliphatic heterocycles. The monoisotopic (exact) mass is 367 g/mol. The molecule has 0 aliphatic rings. The highest BCUT2D eigenvalue weighted by atomic mass is 79.9. The van der Waals surface area contributed by atoms with E-state index in [0.29, 0.717) is 11.0 Å². The molecular formula is C8H4Br2ClN3S. The molecule has 78 valence electrons. The molecule has 1 aromatic carbocycles. The lowest BCUT2D eigenvalue weighted by Gasteiger charge is -2.07. The molecule has 0 unspecified atom stereocenters. The molecule has 0 saturated heterocycles. The van der Waals surface area contributed by atoms with E-state index in [1.807, 2.05) is 18.2 Å². The Morgan fingerprint density at radius 2 is 1.87 bits per heavy atom. The van der Waals surface area contributed by atoms with Crippen molar-refractivity contribution in [2.24, 2.45) is 0 Å². The van der Waals surface area contributed by atoms with Gasteiger partial charge in [0, 0.05) is 8.95 Å². The Balaban J connectivity index is 2.36. The highest BCUT2D eigenvalue weighted by molar-refractivity contribution is 9.11. The Kier molecular flexibility index (Phi) is 3.60. The van der Waals surface area contributed by atoms with Crippen LogP contribution in [0.15, 0.2) is 27.1 Å². The van der Waals surface area contributed by atoms with Gasteiger partial charge in [-0.15, -0.1) is 0 Å². The number of nitrogens with zero attached hydrogens (tertiary/aromatic N) is 2. The van der Waals surface area contributed by atoms with Gasteiger partial charge in [-0.1, -0.05) is 17.7 Å². The minimum atomic E-state index is 0.377.